The zero-order valence-corrected chi connectivity index (χ0v) is 12.4. The molecule has 1 aromatic rings. The number of rotatable bonds is 5. The third-order valence-corrected chi connectivity index (χ3v) is 3.23. The molecule has 0 spiro atoms. The molecule has 0 N–H and O–H groups in total. The molecule has 18 heavy (non-hydrogen) atoms. The quantitative estimate of drug-likeness (QED) is 0.659. The molecule has 0 aromatic heterocycles. The highest BCUT2D eigenvalue weighted by Crippen LogP contribution is 2.28. The van der Waals surface area contributed by atoms with Gasteiger partial charge in [0.25, 0.3) is 0 Å². The second-order valence-electron chi connectivity index (χ2n) is 4.07. The van der Waals surface area contributed by atoms with Crippen LogP contribution in [0.5, 0.6) is 5.75 Å². The van der Waals surface area contributed by atoms with Crippen LogP contribution in [0.3, 0.4) is 0 Å². The van der Waals surface area contributed by atoms with E-state index < -0.39 is 6.61 Å². The summed E-state index contributed by atoms with van der Waals surface area (Å²) in [6, 6.07) is 4.89. The van der Waals surface area contributed by atoms with Gasteiger partial charge in [0.05, 0.1) is 0 Å². The molecule has 0 amide bonds. The van der Waals surface area contributed by atoms with E-state index in [1.807, 2.05) is 13.8 Å². The minimum absolute atomic E-state index is 0.150. The van der Waals surface area contributed by atoms with Gasteiger partial charge in [0.2, 0.25) is 0 Å². The molecule has 0 unspecified atom stereocenters. The summed E-state index contributed by atoms with van der Waals surface area (Å²) in [5.74, 6) is 0.760. The molecule has 0 saturated carbocycles. The van der Waals surface area contributed by atoms with E-state index in [1.165, 1.54) is 6.07 Å². The van der Waals surface area contributed by atoms with Crippen LogP contribution in [0.4, 0.5) is 8.78 Å². The number of benzene rings is 1. The zero-order chi connectivity index (χ0) is 13.7. The van der Waals surface area contributed by atoms with Crippen molar-refractivity contribution < 1.29 is 13.5 Å². The van der Waals surface area contributed by atoms with Gasteiger partial charge in [-0.05, 0) is 24.1 Å². The van der Waals surface area contributed by atoms with E-state index in [9.17, 15) is 8.78 Å². The van der Waals surface area contributed by atoms with Gasteiger partial charge in [0.15, 0.2) is 0 Å². The van der Waals surface area contributed by atoms with Crippen molar-refractivity contribution >= 4 is 33.6 Å². The Morgan fingerprint density at radius 1 is 1.44 bits per heavy atom. The van der Waals surface area contributed by atoms with Crippen molar-refractivity contribution in [2.24, 2.45) is 5.92 Å². The summed E-state index contributed by atoms with van der Waals surface area (Å²) >= 11 is 9.15. The van der Waals surface area contributed by atoms with Crippen LogP contribution in [0.2, 0.25) is 0 Å². The van der Waals surface area contributed by atoms with Gasteiger partial charge in [0, 0.05) is 15.9 Å². The van der Waals surface area contributed by atoms with Crippen LogP contribution in [0.1, 0.15) is 19.4 Å². The van der Waals surface area contributed by atoms with E-state index in [1.54, 1.807) is 18.2 Å². The maximum atomic E-state index is 12.3. The van der Waals surface area contributed by atoms with Gasteiger partial charge in [-0.25, -0.2) is 0 Å². The Kier molecular flexibility index (Phi) is 6.09. The molecule has 1 nitrogen and oxygen atoms in total. The van der Waals surface area contributed by atoms with Crippen LogP contribution in [0.25, 0.3) is 6.08 Å². The van der Waals surface area contributed by atoms with Crippen molar-refractivity contribution in [3.8, 4) is 5.75 Å². The minimum atomic E-state index is -2.84. The highest BCUT2D eigenvalue weighted by Gasteiger charge is 2.10. The van der Waals surface area contributed by atoms with Crippen LogP contribution in [0.15, 0.2) is 28.2 Å². The first-order valence-corrected chi connectivity index (χ1v) is 6.77. The van der Waals surface area contributed by atoms with Crippen LogP contribution in [-0.2, 0) is 0 Å². The summed E-state index contributed by atoms with van der Waals surface area (Å²) in [5, 5.41) is 0. The standard InChI is InChI=1S/C13H14BrClF2O/c1-8(2)10(7-15)5-9-6-11(14)3-4-12(9)18-13(16)17/h3-6,8,13H,7H2,1-2H3. The lowest BCUT2D eigenvalue weighted by atomic mass is 10.0. The van der Waals surface area contributed by atoms with Crippen molar-refractivity contribution in [2.45, 2.75) is 20.5 Å². The smallest absolute Gasteiger partial charge is 0.387 e. The number of allylic oxidation sites excluding steroid dienone is 1. The summed E-state index contributed by atoms with van der Waals surface area (Å²) in [6.45, 7) is 1.16. The highest BCUT2D eigenvalue weighted by molar-refractivity contribution is 9.10. The van der Waals surface area contributed by atoms with Gasteiger partial charge in [0.1, 0.15) is 5.75 Å². The van der Waals surface area contributed by atoms with E-state index >= 15 is 0 Å². The topological polar surface area (TPSA) is 9.23 Å². The molecule has 0 aliphatic rings. The van der Waals surface area contributed by atoms with Gasteiger partial charge in [-0.2, -0.15) is 8.78 Å². The van der Waals surface area contributed by atoms with Crippen molar-refractivity contribution in [1.82, 2.24) is 0 Å². The molecule has 0 saturated heterocycles. The zero-order valence-electron chi connectivity index (χ0n) is 10.1. The first kappa shape index (κ1) is 15.4. The van der Waals surface area contributed by atoms with E-state index in [4.69, 9.17) is 11.6 Å². The van der Waals surface area contributed by atoms with Crippen molar-refractivity contribution in [3.63, 3.8) is 0 Å². The maximum absolute atomic E-state index is 12.3. The van der Waals surface area contributed by atoms with Gasteiger partial charge in [-0.3, -0.25) is 0 Å². The minimum Gasteiger partial charge on any atom is -0.434 e. The Balaban J connectivity index is 3.16. The average Bonchev–Trinajstić information content (AvgIpc) is 2.28. The van der Waals surface area contributed by atoms with E-state index in [-0.39, 0.29) is 11.7 Å². The first-order valence-electron chi connectivity index (χ1n) is 5.44. The Hall–Kier alpha value is -0.610. The second-order valence-corrected chi connectivity index (χ2v) is 5.25. The molecule has 1 rings (SSSR count). The van der Waals surface area contributed by atoms with Crippen LogP contribution in [0, 0.1) is 5.92 Å². The number of halogens is 4. The van der Waals surface area contributed by atoms with Crippen LogP contribution in [-0.4, -0.2) is 12.5 Å². The lowest BCUT2D eigenvalue weighted by Crippen LogP contribution is -2.04. The Labute approximate surface area is 119 Å². The highest BCUT2D eigenvalue weighted by atomic mass is 79.9. The van der Waals surface area contributed by atoms with E-state index in [0.29, 0.717) is 11.4 Å². The third kappa shape index (κ3) is 4.58. The Bertz CT molecular complexity index is 433. The van der Waals surface area contributed by atoms with Crippen LogP contribution >= 0.6 is 27.5 Å². The van der Waals surface area contributed by atoms with E-state index in [0.717, 1.165) is 10.0 Å². The van der Waals surface area contributed by atoms with Gasteiger partial charge in [-0.1, -0.05) is 41.4 Å². The largest absolute Gasteiger partial charge is 0.434 e. The van der Waals surface area contributed by atoms with E-state index in [2.05, 4.69) is 20.7 Å². The normalized spacial score (nSPS) is 12.3. The fourth-order valence-electron chi connectivity index (χ4n) is 1.39. The molecular formula is C13H14BrClF2O. The lowest BCUT2D eigenvalue weighted by Gasteiger charge is -2.12. The molecule has 0 bridgehead atoms. The Morgan fingerprint density at radius 2 is 2.11 bits per heavy atom. The summed E-state index contributed by atoms with van der Waals surface area (Å²) < 4.78 is 29.9. The molecule has 0 aliphatic heterocycles. The van der Waals surface area contributed by atoms with Gasteiger partial charge < -0.3 is 4.74 Å². The molecule has 0 heterocycles. The van der Waals surface area contributed by atoms with Crippen LogP contribution < -0.4 is 4.74 Å². The number of alkyl halides is 3. The summed E-state index contributed by atoms with van der Waals surface area (Å²) in [6.07, 6.45) is 1.79. The predicted molar refractivity (Wildman–Crippen MR) is 74.3 cm³/mol. The molecule has 0 radical (unpaired) electrons. The third-order valence-electron chi connectivity index (χ3n) is 2.42. The lowest BCUT2D eigenvalue weighted by molar-refractivity contribution is -0.0500. The van der Waals surface area contributed by atoms with Crippen molar-refractivity contribution in [1.29, 1.82) is 0 Å². The molecule has 0 aliphatic carbocycles. The summed E-state index contributed by atoms with van der Waals surface area (Å²) in [7, 11) is 0. The first-order chi connectivity index (χ1) is 8.43. The summed E-state index contributed by atoms with van der Waals surface area (Å²) in [5.41, 5.74) is 1.56. The second kappa shape index (κ2) is 7.10. The summed E-state index contributed by atoms with van der Waals surface area (Å²) in [4.78, 5) is 0. The van der Waals surface area contributed by atoms with Crippen molar-refractivity contribution in [2.75, 3.05) is 5.88 Å². The Morgan fingerprint density at radius 3 is 2.61 bits per heavy atom. The number of hydrogen-bond donors (Lipinski definition) is 0. The predicted octanol–water partition coefficient (Wildman–Crippen LogP) is 5.33. The van der Waals surface area contributed by atoms with Gasteiger partial charge in [-0.15, -0.1) is 11.6 Å². The molecule has 100 valence electrons. The number of ether oxygens (including phenoxy) is 1. The fraction of sp³-hybridized carbons (Fsp3) is 0.385. The van der Waals surface area contributed by atoms with Gasteiger partial charge >= 0.3 is 6.61 Å². The molecule has 5 heteroatoms. The number of hydrogen-bond acceptors (Lipinski definition) is 1. The monoisotopic (exact) mass is 338 g/mol. The average molecular weight is 340 g/mol. The molecule has 0 fully saturated rings. The van der Waals surface area contributed by atoms with Crippen molar-refractivity contribution in [3.05, 3.63) is 33.8 Å². The fourth-order valence-corrected chi connectivity index (χ4v) is 2.16. The molecule has 0 atom stereocenters. The maximum Gasteiger partial charge on any atom is 0.387 e. The molecular weight excluding hydrogens is 325 g/mol. The SMILES string of the molecule is CC(C)C(=Cc1cc(Br)ccc1OC(F)F)CCl. The molecule has 1 aromatic carbocycles.